The molecule has 3 heteroatoms. The van der Waals surface area contributed by atoms with Crippen molar-refractivity contribution >= 4 is 23.2 Å². The third-order valence-corrected chi connectivity index (χ3v) is 3.84. The van der Waals surface area contributed by atoms with Crippen molar-refractivity contribution in [1.82, 2.24) is 0 Å². The third-order valence-electron chi connectivity index (χ3n) is 3.17. The molecular formula is C16H15Cl2F. The Morgan fingerprint density at radius 1 is 1.16 bits per heavy atom. The molecule has 0 radical (unpaired) electrons. The molecule has 0 amide bonds. The predicted molar refractivity (Wildman–Crippen MR) is 79.8 cm³/mol. The normalized spacial score (nSPS) is 12.4. The summed E-state index contributed by atoms with van der Waals surface area (Å²) in [6, 6.07) is 13.2. The molecule has 0 saturated heterocycles. The van der Waals surface area contributed by atoms with Gasteiger partial charge in [0, 0.05) is 11.8 Å². The van der Waals surface area contributed by atoms with Crippen molar-refractivity contribution in [3.63, 3.8) is 0 Å². The maximum Gasteiger partial charge on any atom is 0.142 e. The number of hydrogen-bond donors (Lipinski definition) is 0. The Labute approximate surface area is 123 Å². The number of alkyl halides is 1. The highest BCUT2D eigenvalue weighted by Crippen LogP contribution is 2.25. The highest BCUT2D eigenvalue weighted by molar-refractivity contribution is 6.30. The van der Waals surface area contributed by atoms with Crippen molar-refractivity contribution in [2.75, 3.05) is 5.88 Å². The third kappa shape index (κ3) is 3.71. The SMILES string of the molecule is Cc1cccc(C(CCl)Cc2ccc(Cl)c(F)c2)c1. The molecule has 0 aliphatic carbocycles. The number of aryl methyl sites for hydroxylation is 1. The molecule has 0 fully saturated rings. The van der Waals surface area contributed by atoms with Crippen LogP contribution >= 0.6 is 23.2 Å². The van der Waals surface area contributed by atoms with Gasteiger partial charge in [0.25, 0.3) is 0 Å². The summed E-state index contributed by atoms with van der Waals surface area (Å²) in [6.07, 6.45) is 0.709. The molecule has 0 heterocycles. The summed E-state index contributed by atoms with van der Waals surface area (Å²) >= 11 is 11.7. The zero-order chi connectivity index (χ0) is 13.8. The van der Waals surface area contributed by atoms with E-state index >= 15 is 0 Å². The lowest BCUT2D eigenvalue weighted by atomic mass is 9.92. The van der Waals surface area contributed by atoms with Crippen molar-refractivity contribution in [3.05, 3.63) is 70.0 Å². The lowest BCUT2D eigenvalue weighted by Gasteiger charge is -2.15. The summed E-state index contributed by atoms with van der Waals surface area (Å²) in [7, 11) is 0. The summed E-state index contributed by atoms with van der Waals surface area (Å²) < 4.78 is 13.4. The molecule has 1 unspecified atom stereocenters. The largest absolute Gasteiger partial charge is 0.205 e. The number of rotatable bonds is 4. The van der Waals surface area contributed by atoms with Crippen LogP contribution in [0.25, 0.3) is 0 Å². The fraction of sp³-hybridized carbons (Fsp3) is 0.250. The van der Waals surface area contributed by atoms with Gasteiger partial charge in [-0.15, -0.1) is 11.6 Å². The smallest absolute Gasteiger partial charge is 0.142 e. The van der Waals surface area contributed by atoms with E-state index < -0.39 is 0 Å². The zero-order valence-electron chi connectivity index (χ0n) is 10.7. The zero-order valence-corrected chi connectivity index (χ0v) is 12.2. The molecule has 0 bridgehead atoms. The van der Waals surface area contributed by atoms with Crippen LogP contribution in [-0.2, 0) is 6.42 Å². The Kier molecular flexibility index (Phi) is 4.84. The van der Waals surface area contributed by atoms with Gasteiger partial charge in [-0.1, -0.05) is 47.5 Å². The molecule has 2 aromatic rings. The second kappa shape index (κ2) is 6.40. The van der Waals surface area contributed by atoms with E-state index in [4.69, 9.17) is 23.2 Å². The lowest BCUT2D eigenvalue weighted by molar-refractivity contribution is 0.623. The van der Waals surface area contributed by atoms with Gasteiger partial charge in [0.2, 0.25) is 0 Å². The Bertz CT molecular complexity index is 566. The average molecular weight is 297 g/mol. The van der Waals surface area contributed by atoms with Crippen molar-refractivity contribution < 1.29 is 4.39 Å². The van der Waals surface area contributed by atoms with E-state index in [-0.39, 0.29) is 16.8 Å². The van der Waals surface area contributed by atoms with E-state index in [2.05, 4.69) is 25.1 Å². The lowest BCUT2D eigenvalue weighted by Crippen LogP contribution is -2.05. The Morgan fingerprint density at radius 3 is 2.58 bits per heavy atom. The summed E-state index contributed by atoms with van der Waals surface area (Å²) in [5, 5.41) is 0.154. The number of benzene rings is 2. The molecule has 0 aliphatic heterocycles. The summed E-state index contributed by atoms with van der Waals surface area (Å²) in [4.78, 5) is 0. The molecule has 0 nitrogen and oxygen atoms in total. The fourth-order valence-electron chi connectivity index (χ4n) is 2.14. The minimum absolute atomic E-state index is 0.154. The maximum atomic E-state index is 13.4. The van der Waals surface area contributed by atoms with Gasteiger partial charge in [-0.05, 0) is 36.6 Å². The van der Waals surface area contributed by atoms with Gasteiger partial charge in [0.15, 0.2) is 0 Å². The molecule has 0 aromatic heterocycles. The second-order valence-corrected chi connectivity index (χ2v) is 5.43. The van der Waals surface area contributed by atoms with E-state index in [1.807, 2.05) is 12.1 Å². The molecule has 0 spiro atoms. The molecule has 1 atom stereocenters. The van der Waals surface area contributed by atoms with E-state index in [0.29, 0.717) is 12.3 Å². The summed E-state index contributed by atoms with van der Waals surface area (Å²) in [6.45, 7) is 2.05. The first kappa shape index (κ1) is 14.4. The first-order valence-electron chi connectivity index (χ1n) is 6.16. The highest BCUT2D eigenvalue weighted by atomic mass is 35.5. The van der Waals surface area contributed by atoms with Gasteiger partial charge in [0.1, 0.15) is 5.82 Å². The van der Waals surface area contributed by atoms with Gasteiger partial charge in [-0.3, -0.25) is 0 Å². The van der Waals surface area contributed by atoms with Crippen molar-refractivity contribution in [2.45, 2.75) is 19.3 Å². The highest BCUT2D eigenvalue weighted by Gasteiger charge is 2.12. The molecule has 0 N–H and O–H groups in total. The summed E-state index contributed by atoms with van der Waals surface area (Å²) in [5.74, 6) is 0.312. The molecule has 0 saturated carbocycles. The van der Waals surface area contributed by atoms with E-state index in [0.717, 1.165) is 5.56 Å². The molecule has 19 heavy (non-hydrogen) atoms. The number of halogens is 3. The predicted octanol–water partition coefficient (Wildman–Crippen LogP) is 5.35. The van der Waals surface area contributed by atoms with Gasteiger partial charge in [-0.2, -0.15) is 0 Å². The minimum Gasteiger partial charge on any atom is -0.205 e. The van der Waals surface area contributed by atoms with Crippen LogP contribution in [0.2, 0.25) is 5.02 Å². The van der Waals surface area contributed by atoms with Crippen LogP contribution in [0, 0.1) is 12.7 Å². The fourth-order valence-corrected chi connectivity index (χ4v) is 2.54. The van der Waals surface area contributed by atoms with E-state index in [1.54, 1.807) is 6.07 Å². The van der Waals surface area contributed by atoms with Gasteiger partial charge >= 0.3 is 0 Å². The minimum atomic E-state index is -0.378. The van der Waals surface area contributed by atoms with E-state index in [1.165, 1.54) is 17.2 Å². The van der Waals surface area contributed by atoms with Gasteiger partial charge in [-0.25, -0.2) is 4.39 Å². The second-order valence-electron chi connectivity index (χ2n) is 4.72. The van der Waals surface area contributed by atoms with Gasteiger partial charge in [0.05, 0.1) is 5.02 Å². The molecule has 0 aliphatic rings. The average Bonchev–Trinajstić information content (AvgIpc) is 2.40. The quantitative estimate of drug-likeness (QED) is 0.667. The van der Waals surface area contributed by atoms with Crippen LogP contribution in [0.5, 0.6) is 0 Å². The first-order chi connectivity index (χ1) is 9.10. The first-order valence-corrected chi connectivity index (χ1v) is 7.08. The number of hydrogen-bond acceptors (Lipinski definition) is 0. The van der Waals surface area contributed by atoms with Crippen LogP contribution in [-0.4, -0.2) is 5.88 Å². The monoisotopic (exact) mass is 296 g/mol. The Morgan fingerprint density at radius 2 is 1.95 bits per heavy atom. The van der Waals surface area contributed by atoms with Crippen LogP contribution in [0.3, 0.4) is 0 Å². The topological polar surface area (TPSA) is 0 Å². The van der Waals surface area contributed by atoms with Crippen molar-refractivity contribution in [2.24, 2.45) is 0 Å². The van der Waals surface area contributed by atoms with Crippen molar-refractivity contribution in [1.29, 1.82) is 0 Å². The van der Waals surface area contributed by atoms with Crippen molar-refractivity contribution in [3.8, 4) is 0 Å². The van der Waals surface area contributed by atoms with Crippen LogP contribution < -0.4 is 0 Å². The van der Waals surface area contributed by atoms with E-state index in [9.17, 15) is 4.39 Å². The molecular weight excluding hydrogens is 282 g/mol. The molecule has 2 rings (SSSR count). The maximum absolute atomic E-state index is 13.4. The standard InChI is InChI=1S/C16H15Cl2F/c1-11-3-2-4-13(7-11)14(10-17)8-12-5-6-15(18)16(19)9-12/h2-7,9,14H,8,10H2,1H3. The van der Waals surface area contributed by atoms with Crippen LogP contribution in [0.4, 0.5) is 4.39 Å². The Hall–Kier alpha value is -1.05. The Balaban J connectivity index is 2.21. The van der Waals surface area contributed by atoms with Gasteiger partial charge < -0.3 is 0 Å². The summed E-state index contributed by atoms with van der Waals surface area (Å²) in [5.41, 5.74) is 3.30. The molecule has 2 aromatic carbocycles. The molecule has 100 valence electrons. The van der Waals surface area contributed by atoms with Crippen LogP contribution in [0.1, 0.15) is 22.6 Å². The van der Waals surface area contributed by atoms with Crippen LogP contribution in [0.15, 0.2) is 42.5 Å².